The van der Waals surface area contributed by atoms with Crippen molar-refractivity contribution in [2.45, 2.75) is 64.7 Å². The van der Waals surface area contributed by atoms with Gasteiger partial charge in [0, 0.05) is 22.8 Å². The van der Waals surface area contributed by atoms with E-state index in [1.165, 1.54) is 5.56 Å². The van der Waals surface area contributed by atoms with Crippen molar-refractivity contribution < 1.29 is 29.1 Å². The van der Waals surface area contributed by atoms with Crippen molar-refractivity contribution in [3.05, 3.63) is 103 Å². The molecule has 1 atom stereocenters. The van der Waals surface area contributed by atoms with Crippen molar-refractivity contribution in [1.82, 2.24) is 10.5 Å². The quantitative estimate of drug-likeness (QED) is 0.0613. The Balaban J connectivity index is 0.00000245. The lowest BCUT2D eigenvalue weighted by molar-refractivity contribution is -0.129. The lowest BCUT2D eigenvalue weighted by Gasteiger charge is -2.34. The maximum Gasteiger partial charge on any atom is 0.335 e. The van der Waals surface area contributed by atoms with Crippen molar-refractivity contribution in [2.24, 2.45) is 10.4 Å². The zero-order valence-electron chi connectivity index (χ0n) is 27.3. The van der Waals surface area contributed by atoms with E-state index in [9.17, 15) is 9.59 Å². The van der Waals surface area contributed by atoms with E-state index in [1.54, 1.807) is 35.9 Å². The first kappa shape index (κ1) is 34.8. The van der Waals surface area contributed by atoms with Gasteiger partial charge >= 0.3 is 5.97 Å². The van der Waals surface area contributed by atoms with E-state index in [0.717, 1.165) is 54.5 Å². The summed E-state index contributed by atoms with van der Waals surface area (Å²) in [7, 11) is 0. The van der Waals surface area contributed by atoms with Gasteiger partial charge in [-0.25, -0.2) is 15.3 Å². The molecule has 2 heterocycles. The fourth-order valence-corrected chi connectivity index (χ4v) is 6.12. The number of rotatable bonds is 12. The number of hydrogen-bond donors (Lipinski definition) is 3. The number of carbonyl (C=O) groups excluding carboxylic acids is 1. The van der Waals surface area contributed by atoms with Gasteiger partial charge in [0.25, 0.3) is 0 Å². The zero-order valence-corrected chi connectivity index (χ0v) is 27.3. The molecule has 0 fully saturated rings. The molecule has 1 aliphatic heterocycles. The number of amides is 1. The summed E-state index contributed by atoms with van der Waals surface area (Å²) in [6, 6.07) is 20.7. The van der Waals surface area contributed by atoms with Crippen LogP contribution in [0.15, 0.2) is 95.5 Å². The Kier molecular flexibility index (Phi) is 11.5. The number of carboxylic acid groups (broad SMARTS) is 1. The summed E-state index contributed by atoms with van der Waals surface area (Å²) < 4.78 is 11.8. The molecule has 246 valence electrons. The second-order valence-corrected chi connectivity index (χ2v) is 12.6. The monoisotopic (exact) mass is 637 g/mol. The summed E-state index contributed by atoms with van der Waals surface area (Å²) >= 11 is 0. The van der Waals surface area contributed by atoms with E-state index >= 15 is 0 Å². The summed E-state index contributed by atoms with van der Waals surface area (Å²) in [5, 5.41) is 17.8. The topological polar surface area (TPSA) is 134 Å². The molecule has 9 heteroatoms. The summed E-state index contributed by atoms with van der Waals surface area (Å²) in [6.07, 6.45) is 8.83. The van der Waals surface area contributed by atoms with E-state index in [2.05, 4.69) is 57.3 Å². The molecule has 1 unspecified atom stereocenters. The number of aromatic nitrogens is 1. The van der Waals surface area contributed by atoms with E-state index in [0.29, 0.717) is 23.0 Å². The SMILES string of the molecule is C=C.CC1(CCCCc2ccc(C(=O)O)cc2)C=Nc2ccc(-c3cnc(-c4cccc(OCCC(=O)NO)c4)o3)cc2C(C)(C)C1. The number of fused-ring (bicyclic) bond motifs is 1. The standard InChI is InChI=1S/C36H39N3O6.C2H4/c1-35(2)22-36(3,17-5-4-7-24-10-12-25(13-11-24)34(41)42)23-38-30-15-14-26(20-29(30)35)31-21-37-33(45-31)27-8-6-9-28(19-27)44-18-16-32(40)39-43;1-2/h6,8-15,19-21,23,43H,4-5,7,16-18,22H2,1-3H3,(H,39,40)(H,41,42);1-2H2. The number of oxazole rings is 1. The molecule has 3 aromatic carbocycles. The Bertz CT molecular complexity index is 1710. The lowest BCUT2D eigenvalue weighted by atomic mass is 9.69. The first-order valence-corrected chi connectivity index (χ1v) is 15.7. The molecule has 3 N–H and O–H groups in total. The first-order chi connectivity index (χ1) is 22.5. The van der Waals surface area contributed by atoms with Gasteiger partial charge in [0.1, 0.15) is 5.75 Å². The Hall–Kier alpha value is -5.02. The lowest BCUT2D eigenvalue weighted by Crippen LogP contribution is -2.28. The molecule has 5 rings (SSSR count). The van der Waals surface area contributed by atoms with Crippen LogP contribution in [0.4, 0.5) is 5.69 Å². The third-order valence-corrected chi connectivity index (χ3v) is 8.34. The highest BCUT2D eigenvalue weighted by molar-refractivity contribution is 5.87. The molecule has 9 nitrogen and oxygen atoms in total. The number of carbonyl (C=O) groups is 2. The number of aryl methyl sites for hydroxylation is 1. The first-order valence-electron chi connectivity index (χ1n) is 15.7. The van der Waals surface area contributed by atoms with E-state index in [1.807, 2.05) is 30.3 Å². The molecule has 0 saturated heterocycles. The number of nitrogens with one attached hydrogen (secondary N) is 1. The largest absolute Gasteiger partial charge is 0.493 e. The molecule has 1 aromatic heterocycles. The van der Waals surface area contributed by atoms with Crippen molar-refractivity contribution >= 4 is 23.8 Å². The van der Waals surface area contributed by atoms with Crippen LogP contribution in [0.3, 0.4) is 0 Å². The summed E-state index contributed by atoms with van der Waals surface area (Å²) in [5.74, 6) is 0.270. The van der Waals surface area contributed by atoms with Gasteiger partial charge < -0.3 is 14.3 Å². The van der Waals surface area contributed by atoms with Gasteiger partial charge in [-0.2, -0.15) is 0 Å². The van der Waals surface area contributed by atoms with Crippen LogP contribution >= 0.6 is 0 Å². The number of carboxylic acids is 1. The Labute approximate surface area is 276 Å². The molecule has 1 amide bonds. The predicted octanol–water partition coefficient (Wildman–Crippen LogP) is 8.59. The normalized spacial score (nSPS) is 16.3. The summed E-state index contributed by atoms with van der Waals surface area (Å²) in [5.41, 5.74) is 6.67. The molecule has 0 aliphatic carbocycles. The number of hydrogen-bond acceptors (Lipinski definition) is 7. The van der Waals surface area contributed by atoms with Crippen LogP contribution in [-0.2, 0) is 16.6 Å². The highest BCUT2D eigenvalue weighted by Crippen LogP contribution is 2.46. The smallest absolute Gasteiger partial charge is 0.335 e. The second-order valence-electron chi connectivity index (χ2n) is 12.6. The van der Waals surface area contributed by atoms with Crippen LogP contribution in [-0.4, -0.2) is 40.0 Å². The number of aliphatic imine (C=N–C) groups is 1. The Morgan fingerprint density at radius 3 is 2.49 bits per heavy atom. The number of aromatic carboxylic acids is 1. The molecule has 4 aromatic rings. The van der Waals surface area contributed by atoms with Crippen LogP contribution < -0.4 is 10.2 Å². The highest BCUT2D eigenvalue weighted by Gasteiger charge is 2.36. The van der Waals surface area contributed by atoms with E-state index < -0.39 is 11.9 Å². The van der Waals surface area contributed by atoms with Gasteiger partial charge in [-0.1, -0.05) is 45.4 Å². The molecule has 1 aliphatic rings. The van der Waals surface area contributed by atoms with Gasteiger partial charge in [0.15, 0.2) is 5.76 Å². The van der Waals surface area contributed by atoms with Crippen molar-refractivity contribution in [1.29, 1.82) is 0 Å². The minimum absolute atomic E-state index is 0.0359. The summed E-state index contributed by atoms with van der Waals surface area (Å²) in [4.78, 5) is 31.8. The highest BCUT2D eigenvalue weighted by atomic mass is 16.5. The second kappa shape index (κ2) is 15.5. The number of nitrogens with zero attached hydrogens (tertiary/aromatic N) is 2. The van der Waals surface area contributed by atoms with E-state index in [-0.39, 0.29) is 23.9 Å². The third-order valence-electron chi connectivity index (χ3n) is 8.34. The van der Waals surface area contributed by atoms with Gasteiger partial charge in [0.2, 0.25) is 11.8 Å². The van der Waals surface area contributed by atoms with Crippen LogP contribution in [0.1, 0.15) is 74.4 Å². The molecular formula is C38H43N3O6. The van der Waals surface area contributed by atoms with Gasteiger partial charge in [-0.05, 0) is 90.8 Å². The van der Waals surface area contributed by atoms with Crippen molar-refractivity contribution in [3.8, 4) is 28.5 Å². The summed E-state index contributed by atoms with van der Waals surface area (Å²) in [6.45, 7) is 13.0. The Morgan fingerprint density at radius 2 is 1.77 bits per heavy atom. The Morgan fingerprint density at radius 1 is 1.00 bits per heavy atom. The van der Waals surface area contributed by atoms with Crippen LogP contribution in [0.2, 0.25) is 0 Å². The van der Waals surface area contributed by atoms with Gasteiger partial charge in [0.05, 0.1) is 30.5 Å². The van der Waals surface area contributed by atoms with Crippen LogP contribution in [0.5, 0.6) is 5.75 Å². The van der Waals surface area contributed by atoms with Crippen molar-refractivity contribution in [3.63, 3.8) is 0 Å². The number of benzene rings is 3. The molecule has 0 saturated carbocycles. The molecule has 0 spiro atoms. The van der Waals surface area contributed by atoms with Crippen LogP contribution in [0, 0.1) is 5.41 Å². The molecular weight excluding hydrogens is 594 g/mol. The van der Waals surface area contributed by atoms with Crippen LogP contribution in [0.25, 0.3) is 22.8 Å². The van der Waals surface area contributed by atoms with Crippen molar-refractivity contribution in [2.75, 3.05) is 6.61 Å². The third kappa shape index (κ3) is 9.04. The molecule has 0 bridgehead atoms. The average molecular weight is 638 g/mol. The maximum atomic E-state index is 11.2. The van der Waals surface area contributed by atoms with Gasteiger partial charge in [-0.3, -0.25) is 15.0 Å². The fourth-order valence-electron chi connectivity index (χ4n) is 6.12. The average Bonchev–Trinajstić information content (AvgIpc) is 3.54. The fraction of sp³-hybridized carbons (Fsp3) is 0.316. The van der Waals surface area contributed by atoms with E-state index in [4.69, 9.17) is 24.5 Å². The number of ether oxygens (including phenoxy) is 1. The zero-order chi connectivity index (χ0) is 34.0. The minimum Gasteiger partial charge on any atom is -0.493 e. The maximum absolute atomic E-state index is 11.2. The molecule has 0 radical (unpaired) electrons. The number of hydroxylamine groups is 1. The minimum atomic E-state index is -0.901. The predicted molar refractivity (Wildman–Crippen MR) is 184 cm³/mol. The molecule has 47 heavy (non-hydrogen) atoms. The van der Waals surface area contributed by atoms with Gasteiger partial charge in [-0.15, -0.1) is 13.2 Å². The number of unbranched alkanes of at least 4 members (excludes halogenated alkanes) is 1.